The van der Waals surface area contributed by atoms with Gasteiger partial charge in [0.05, 0.1) is 7.11 Å². The van der Waals surface area contributed by atoms with Crippen LogP contribution in [0.15, 0.2) is 21.5 Å². The van der Waals surface area contributed by atoms with Gasteiger partial charge in [-0.2, -0.15) is 0 Å². The lowest BCUT2D eigenvalue weighted by atomic mass is 10.2. The van der Waals surface area contributed by atoms with Gasteiger partial charge < -0.3 is 4.74 Å². The SMILES string of the molecule is COc1cc(C)c(Br)cc1S(=O)(=O)NC1CCCC1. The van der Waals surface area contributed by atoms with Gasteiger partial charge in [-0.25, -0.2) is 13.1 Å². The van der Waals surface area contributed by atoms with Crippen LogP contribution in [0.25, 0.3) is 0 Å². The van der Waals surface area contributed by atoms with Crippen LogP contribution < -0.4 is 9.46 Å². The molecule has 1 N–H and O–H groups in total. The van der Waals surface area contributed by atoms with Crippen LogP contribution in [-0.4, -0.2) is 21.6 Å². The largest absolute Gasteiger partial charge is 0.495 e. The van der Waals surface area contributed by atoms with Crippen molar-refractivity contribution in [3.8, 4) is 5.75 Å². The molecule has 106 valence electrons. The average Bonchev–Trinajstić information content (AvgIpc) is 2.84. The molecular weight excluding hydrogens is 330 g/mol. The van der Waals surface area contributed by atoms with Crippen molar-refractivity contribution >= 4 is 26.0 Å². The zero-order valence-corrected chi connectivity index (χ0v) is 13.5. The molecule has 0 aliphatic heterocycles. The first-order valence-corrected chi connectivity index (χ1v) is 8.58. The van der Waals surface area contributed by atoms with Gasteiger partial charge in [0, 0.05) is 10.5 Å². The number of halogens is 1. The summed E-state index contributed by atoms with van der Waals surface area (Å²) in [7, 11) is -2.05. The van der Waals surface area contributed by atoms with Crippen molar-refractivity contribution < 1.29 is 13.2 Å². The highest BCUT2D eigenvalue weighted by atomic mass is 79.9. The zero-order chi connectivity index (χ0) is 14.0. The lowest BCUT2D eigenvalue weighted by Gasteiger charge is -2.15. The van der Waals surface area contributed by atoms with Gasteiger partial charge in [-0.3, -0.25) is 0 Å². The lowest BCUT2D eigenvalue weighted by molar-refractivity contribution is 0.401. The molecule has 0 bridgehead atoms. The first-order chi connectivity index (χ1) is 8.94. The maximum atomic E-state index is 12.4. The second kappa shape index (κ2) is 5.81. The molecule has 2 rings (SSSR count). The summed E-state index contributed by atoms with van der Waals surface area (Å²) in [5.41, 5.74) is 0.941. The highest BCUT2D eigenvalue weighted by molar-refractivity contribution is 9.10. The fourth-order valence-corrected chi connectivity index (χ4v) is 4.31. The standard InChI is InChI=1S/C13H18BrNO3S/c1-9-7-12(18-2)13(8-11(9)14)19(16,17)15-10-5-3-4-6-10/h7-8,10,15H,3-6H2,1-2H3. The van der Waals surface area contributed by atoms with Crippen molar-refractivity contribution in [2.24, 2.45) is 0 Å². The van der Waals surface area contributed by atoms with Gasteiger partial charge in [0.1, 0.15) is 10.6 Å². The van der Waals surface area contributed by atoms with Gasteiger partial charge in [0.25, 0.3) is 0 Å². The Kier molecular flexibility index (Phi) is 4.53. The van der Waals surface area contributed by atoms with Crippen LogP contribution in [0.2, 0.25) is 0 Å². The minimum Gasteiger partial charge on any atom is -0.495 e. The topological polar surface area (TPSA) is 55.4 Å². The number of ether oxygens (including phenoxy) is 1. The van der Waals surface area contributed by atoms with Gasteiger partial charge >= 0.3 is 0 Å². The first-order valence-electron chi connectivity index (χ1n) is 6.30. The van der Waals surface area contributed by atoms with E-state index in [9.17, 15) is 8.42 Å². The van der Waals surface area contributed by atoms with Crippen molar-refractivity contribution in [2.45, 2.75) is 43.5 Å². The number of aryl methyl sites for hydroxylation is 1. The molecule has 19 heavy (non-hydrogen) atoms. The summed E-state index contributed by atoms with van der Waals surface area (Å²) in [6, 6.07) is 3.38. The number of benzene rings is 1. The molecule has 4 nitrogen and oxygen atoms in total. The predicted octanol–water partition coefficient (Wildman–Crippen LogP) is 2.99. The smallest absolute Gasteiger partial charge is 0.244 e. The fourth-order valence-electron chi connectivity index (χ4n) is 2.33. The number of hydrogen-bond acceptors (Lipinski definition) is 3. The van der Waals surface area contributed by atoms with Crippen LogP contribution in [0.3, 0.4) is 0 Å². The maximum Gasteiger partial charge on any atom is 0.244 e. The molecular formula is C13H18BrNO3S. The first kappa shape index (κ1) is 14.8. The van der Waals surface area contributed by atoms with Crippen molar-refractivity contribution in [1.29, 1.82) is 0 Å². The maximum absolute atomic E-state index is 12.4. The number of rotatable bonds is 4. The highest BCUT2D eigenvalue weighted by Crippen LogP contribution is 2.31. The Balaban J connectivity index is 2.36. The molecule has 0 radical (unpaired) electrons. The molecule has 0 aromatic heterocycles. The van der Waals surface area contributed by atoms with E-state index in [0.29, 0.717) is 5.75 Å². The minimum absolute atomic E-state index is 0.0507. The number of hydrogen-bond donors (Lipinski definition) is 1. The number of nitrogens with one attached hydrogen (secondary N) is 1. The van der Waals surface area contributed by atoms with E-state index in [2.05, 4.69) is 20.7 Å². The van der Waals surface area contributed by atoms with Crippen LogP contribution in [-0.2, 0) is 10.0 Å². The molecule has 0 atom stereocenters. The summed E-state index contributed by atoms with van der Waals surface area (Å²) in [4.78, 5) is 0.194. The van der Waals surface area contributed by atoms with E-state index in [-0.39, 0.29) is 10.9 Å². The molecule has 0 saturated heterocycles. The molecule has 0 heterocycles. The Hall–Kier alpha value is -0.590. The molecule has 0 unspecified atom stereocenters. The normalized spacial score (nSPS) is 16.8. The van der Waals surface area contributed by atoms with Crippen LogP contribution in [0.4, 0.5) is 0 Å². The Morgan fingerprint density at radius 1 is 1.32 bits per heavy atom. The van der Waals surface area contributed by atoms with Crippen molar-refractivity contribution in [3.63, 3.8) is 0 Å². The lowest BCUT2D eigenvalue weighted by Crippen LogP contribution is -2.32. The van der Waals surface area contributed by atoms with E-state index < -0.39 is 10.0 Å². The second-order valence-corrected chi connectivity index (χ2v) is 7.39. The molecule has 1 aliphatic rings. The summed E-state index contributed by atoms with van der Waals surface area (Å²) >= 11 is 3.37. The fraction of sp³-hybridized carbons (Fsp3) is 0.538. The third kappa shape index (κ3) is 3.30. The van der Waals surface area contributed by atoms with Gasteiger partial charge in [0.15, 0.2) is 0 Å². The van der Waals surface area contributed by atoms with Gasteiger partial charge in [-0.1, -0.05) is 28.8 Å². The molecule has 1 aliphatic carbocycles. The zero-order valence-electron chi connectivity index (χ0n) is 11.1. The molecule has 6 heteroatoms. The van der Waals surface area contributed by atoms with Gasteiger partial charge in [-0.15, -0.1) is 0 Å². The Morgan fingerprint density at radius 2 is 1.95 bits per heavy atom. The molecule has 1 aromatic carbocycles. The molecule has 1 fully saturated rings. The van der Waals surface area contributed by atoms with E-state index in [1.54, 1.807) is 12.1 Å². The Bertz CT molecular complexity index is 565. The van der Waals surface area contributed by atoms with E-state index >= 15 is 0 Å². The summed E-state index contributed by atoms with van der Waals surface area (Å²) in [6.45, 7) is 1.90. The predicted molar refractivity (Wildman–Crippen MR) is 78.0 cm³/mol. The third-order valence-electron chi connectivity index (χ3n) is 3.41. The van der Waals surface area contributed by atoms with Crippen molar-refractivity contribution in [1.82, 2.24) is 4.72 Å². The van der Waals surface area contributed by atoms with Crippen LogP contribution in [0.5, 0.6) is 5.75 Å². The van der Waals surface area contributed by atoms with E-state index in [4.69, 9.17) is 4.74 Å². The molecule has 0 spiro atoms. The minimum atomic E-state index is -3.53. The average molecular weight is 348 g/mol. The van der Waals surface area contributed by atoms with Crippen LogP contribution in [0.1, 0.15) is 31.2 Å². The van der Waals surface area contributed by atoms with E-state index in [0.717, 1.165) is 35.7 Å². The summed E-state index contributed by atoms with van der Waals surface area (Å²) in [5.74, 6) is 0.381. The molecule has 1 aromatic rings. The summed E-state index contributed by atoms with van der Waals surface area (Å²) < 4.78 is 33.6. The monoisotopic (exact) mass is 347 g/mol. The number of sulfonamides is 1. The summed E-state index contributed by atoms with van der Waals surface area (Å²) in [5, 5.41) is 0. The van der Waals surface area contributed by atoms with Crippen molar-refractivity contribution in [2.75, 3.05) is 7.11 Å². The highest BCUT2D eigenvalue weighted by Gasteiger charge is 2.26. The van der Waals surface area contributed by atoms with Crippen molar-refractivity contribution in [3.05, 3.63) is 22.2 Å². The third-order valence-corrected chi connectivity index (χ3v) is 5.81. The van der Waals surface area contributed by atoms with Crippen LogP contribution in [0, 0.1) is 6.92 Å². The van der Waals surface area contributed by atoms with Crippen LogP contribution >= 0.6 is 15.9 Å². The Morgan fingerprint density at radius 3 is 2.53 bits per heavy atom. The number of methoxy groups -OCH3 is 1. The van der Waals surface area contributed by atoms with Gasteiger partial charge in [-0.05, 0) is 37.5 Å². The Labute approximate surface area is 122 Å². The van der Waals surface area contributed by atoms with E-state index in [1.165, 1.54) is 7.11 Å². The van der Waals surface area contributed by atoms with E-state index in [1.807, 2.05) is 6.92 Å². The molecule has 1 saturated carbocycles. The second-order valence-electron chi connectivity index (χ2n) is 4.85. The molecule has 0 amide bonds. The summed E-state index contributed by atoms with van der Waals surface area (Å²) in [6.07, 6.45) is 3.99. The van der Waals surface area contributed by atoms with Gasteiger partial charge in [0.2, 0.25) is 10.0 Å². The quantitative estimate of drug-likeness (QED) is 0.910.